The summed E-state index contributed by atoms with van der Waals surface area (Å²) >= 11 is 0. The first-order valence-corrected chi connectivity index (χ1v) is 11.6. The van der Waals surface area contributed by atoms with Crippen LogP contribution in [-0.4, -0.2) is 50.3 Å². The summed E-state index contributed by atoms with van der Waals surface area (Å²) in [7, 11) is -4.15. The van der Waals surface area contributed by atoms with E-state index < -0.39 is 45.3 Å². The minimum atomic E-state index is -4.15. The molecule has 178 valence electrons. The highest BCUT2D eigenvalue weighted by atomic mass is 32.2. The average molecular weight is 480 g/mol. The second-order valence-electron chi connectivity index (χ2n) is 7.06. The van der Waals surface area contributed by atoms with Gasteiger partial charge in [-0.1, -0.05) is 26.0 Å². The maximum atomic E-state index is 14.2. The quantitative estimate of drug-likeness (QED) is 0.562. The number of anilines is 1. The van der Waals surface area contributed by atoms with Gasteiger partial charge in [0, 0.05) is 18.8 Å². The highest BCUT2D eigenvalue weighted by Gasteiger charge is 2.27. The van der Waals surface area contributed by atoms with E-state index in [1.165, 1.54) is 0 Å². The van der Waals surface area contributed by atoms with Gasteiger partial charge in [-0.05, 0) is 49.2 Å². The lowest BCUT2D eigenvalue weighted by atomic mass is 10.1. The molecule has 2 rings (SSSR count). The van der Waals surface area contributed by atoms with Crippen LogP contribution in [0.3, 0.4) is 0 Å². The first-order chi connectivity index (χ1) is 15.5. The Hall–Kier alpha value is -3.31. The standard InChI is InChI=1S/C22H26FN3O6S/c1-5-26(6-2)33(30,31)19-12-16(10-11-17(19)23)21(28)32-13-20(27)25-22(29)24-18-9-7-8-14(3)15(18)4/h7-12H,5-6,13H2,1-4H3,(H2,24,25,27,29). The Labute approximate surface area is 192 Å². The summed E-state index contributed by atoms with van der Waals surface area (Å²) in [4.78, 5) is 35.6. The van der Waals surface area contributed by atoms with Gasteiger partial charge in [0.05, 0.1) is 5.56 Å². The van der Waals surface area contributed by atoms with Gasteiger partial charge < -0.3 is 10.1 Å². The van der Waals surface area contributed by atoms with Gasteiger partial charge in [0.1, 0.15) is 10.7 Å². The second-order valence-corrected chi connectivity index (χ2v) is 8.97. The fraction of sp³-hybridized carbons (Fsp3) is 0.318. The van der Waals surface area contributed by atoms with Crippen molar-refractivity contribution in [2.24, 2.45) is 0 Å². The van der Waals surface area contributed by atoms with Crippen LogP contribution < -0.4 is 10.6 Å². The predicted molar refractivity (Wildman–Crippen MR) is 120 cm³/mol. The third kappa shape index (κ3) is 6.36. The molecule has 0 aliphatic carbocycles. The fourth-order valence-corrected chi connectivity index (χ4v) is 4.50. The largest absolute Gasteiger partial charge is 0.452 e. The fourth-order valence-electron chi connectivity index (χ4n) is 2.95. The number of sulfonamides is 1. The zero-order valence-corrected chi connectivity index (χ0v) is 19.6. The summed E-state index contributed by atoms with van der Waals surface area (Å²) in [6.45, 7) is 6.34. The molecule has 2 aromatic carbocycles. The van der Waals surface area contributed by atoms with Crippen molar-refractivity contribution in [2.75, 3.05) is 25.0 Å². The number of aryl methyl sites for hydroxylation is 1. The molecule has 0 aliphatic rings. The van der Waals surface area contributed by atoms with Crippen LogP contribution in [0.15, 0.2) is 41.3 Å². The van der Waals surface area contributed by atoms with E-state index >= 15 is 0 Å². The molecule has 0 aromatic heterocycles. The Morgan fingerprint density at radius 2 is 1.73 bits per heavy atom. The topological polar surface area (TPSA) is 122 Å². The molecule has 0 spiro atoms. The Morgan fingerprint density at radius 3 is 2.36 bits per heavy atom. The lowest BCUT2D eigenvalue weighted by molar-refractivity contribution is -0.123. The van der Waals surface area contributed by atoms with Gasteiger partial charge in [-0.15, -0.1) is 0 Å². The molecule has 0 unspecified atom stereocenters. The first-order valence-electron chi connectivity index (χ1n) is 10.1. The summed E-state index contributed by atoms with van der Waals surface area (Å²) < 4.78 is 45.3. The molecule has 0 saturated heterocycles. The molecule has 0 fully saturated rings. The van der Waals surface area contributed by atoms with Gasteiger partial charge in [0.25, 0.3) is 5.91 Å². The zero-order chi connectivity index (χ0) is 24.8. The van der Waals surface area contributed by atoms with Crippen molar-refractivity contribution in [3.8, 4) is 0 Å². The minimum Gasteiger partial charge on any atom is -0.452 e. The van der Waals surface area contributed by atoms with Gasteiger partial charge in [-0.25, -0.2) is 22.4 Å². The summed E-state index contributed by atoms with van der Waals surface area (Å²) in [5.74, 6) is -2.96. The van der Waals surface area contributed by atoms with E-state index in [4.69, 9.17) is 4.74 Å². The Kier molecular flexibility index (Phi) is 8.66. The Balaban J connectivity index is 2.02. The van der Waals surface area contributed by atoms with E-state index in [1.54, 1.807) is 26.0 Å². The Morgan fingerprint density at radius 1 is 1.06 bits per heavy atom. The normalized spacial score (nSPS) is 11.2. The maximum Gasteiger partial charge on any atom is 0.338 e. The van der Waals surface area contributed by atoms with Crippen molar-refractivity contribution in [3.63, 3.8) is 0 Å². The molecule has 33 heavy (non-hydrogen) atoms. The first kappa shape index (κ1) is 25.9. The number of esters is 1. The number of rotatable bonds is 8. The summed E-state index contributed by atoms with van der Waals surface area (Å²) in [5.41, 5.74) is 2.05. The summed E-state index contributed by atoms with van der Waals surface area (Å²) in [6.07, 6.45) is 0. The third-order valence-corrected chi connectivity index (χ3v) is 7.00. The highest BCUT2D eigenvalue weighted by molar-refractivity contribution is 7.89. The molecule has 0 atom stereocenters. The van der Waals surface area contributed by atoms with Gasteiger partial charge in [0.15, 0.2) is 6.61 Å². The smallest absolute Gasteiger partial charge is 0.338 e. The van der Waals surface area contributed by atoms with Crippen LogP contribution in [0.5, 0.6) is 0 Å². The molecule has 0 aliphatic heterocycles. The molecule has 0 radical (unpaired) electrons. The molecular formula is C22H26FN3O6S. The number of imide groups is 1. The van der Waals surface area contributed by atoms with Crippen LogP contribution in [0.4, 0.5) is 14.9 Å². The second kappa shape index (κ2) is 11.0. The van der Waals surface area contributed by atoms with Crippen LogP contribution >= 0.6 is 0 Å². The number of hydrogen-bond donors (Lipinski definition) is 2. The van der Waals surface area contributed by atoms with E-state index in [0.29, 0.717) is 5.69 Å². The van der Waals surface area contributed by atoms with E-state index in [-0.39, 0.29) is 18.7 Å². The molecule has 0 bridgehead atoms. The third-order valence-electron chi connectivity index (χ3n) is 4.93. The van der Waals surface area contributed by atoms with Crippen LogP contribution in [0.2, 0.25) is 0 Å². The van der Waals surface area contributed by atoms with E-state index in [2.05, 4.69) is 5.32 Å². The van der Waals surface area contributed by atoms with Crippen molar-refractivity contribution in [1.82, 2.24) is 9.62 Å². The van der Waals surface area contributed by atoms with Crippen LogP contribution in [0.25, 0.3) is 0 Å². The number of ether oxygens (including phenoxy) is 1. The van der Waals surface area contributed by atoms with Crippen molar-refractivity contribution < 1.29 is 31.9 Å². The Bertz CT molecular complexity index is 1160. The predicted octanol–water partition coefficient (Wildman–Crippen LogP) is 2.98. The van der Waals surface area contributed by atoms with Crippen molar-refractivity contribution in [3.05, 3.63) is 58.9 Å². The number of nitrogens with zero attached hydrogens (tertiary/aromatic N) is 1. The molecule has 3 amide bonds. The summed E-state index contributed by atoms with van der Waals surface area (Å²) in [6, 6.07) is 7.23. The summed E-state index contributed by atoms with van der Waals surface area (Å²) in [5, 5.41) is 4.56. The van der Waals surface area contributed by atoms with Gasteiger partial charge in [-0.2, -0.15) is 4.31 Å². The number of urea groups is 1. The minimum absolute atomic E-state index is 0.122. The van der Waals surface area contributed by atoms with Crippen molar-refractivity contribution >= 4 is 33.6 Å². The highest BCUT2D eigenvalue weighted by Crippen LogP contribution is 2.21. The molecule has 0 saturated carbocycles. The number of nitrogens with one attached hydrogen (secondary N) is 2. The maximum absolute atomic E-state index is 14.2. The van der Waals surface area contributed by atoms with Crippen LogP contribution in [-0.2, 0) is 19.6 Å². The number of carbonyl (C=O) groups is 3. The van der Waals surface area contributed by atoms with Gasteiger partial charge >= 0.3 is 12.0 Å². The molecule has 0 heterocycles. The number of benzene rings is 2. The molecule has 9 nitrogen and oxygen atoms in total. The number of hydrogen-bond acceptors (Lipinski definition) is 6. The van der Waals surface area contributed by atoms with Gasteiger partial charge in [-0.3, -0.25) is 10.1 Å². The average Bonchev–Trinajstić information content (AvgIpc) is 2.76. The van der Waals surface area contributed by atoms with Crippen molar-refractivity contribution in [2.45, 2.75) is 32.6 Å². The van der Waals surface area contributed by atoms with Crippen molar-refractivity contribution in [1.29, 1.82) is 0 Å². The lowest BCUT2D eigenvalue weighted by Crippen LogP contribution is -2.37. The monoisotopic (exact) mass is 479 g/mol. The van der Waals surface area contributed by atoms with E-state index in [1.807, 2.05) is 25.2 Å². The van der Waals surface area contributed by atoms with Crippen LogP contribution in [0, 0.1) is 19.7 Å². The number of amides is 3. The van der Waals surface area contributed by atoms with Gasteiger partial charge in [0.2, 0.25) is 10.0 Å². The zero-order valence-electron chi connectivity index (χ0n) is 18.8. The van der Waals surface area contributed by atoms with E-state index in [0.717, 1.165) is 33.6 Å². The lowest BCUT2D eigenvalue weighted by Gasteiger charge is -2.19. The van der Waals surface area contributed by atoms with Crippen LogP contribution in [0.1, 0.15) is 35.3 Å². The number of carbonyl (C=O) groups excluding carboxylic acids is 3. The molecule has 11 heteroatoms. The molecule has 2 N–H and O–H groups in total. The SMILES string of the molecule is CCN(CC)S(=O)(=O)c1cc(C(=O)OCC(=O)NC(=O)Nc2cccc(C)c2C)ccc1F. The molecule has 2 aromatic rings. The number of halogens is 1. The van der Waals surface area contributed by atoms with E-state index in [9.17, 15) is 27.2 Å². The molecular weight excluding hydrogens is 453 g/mol.